The maximum absolute atomic E-state index is 12.8. The molecule has 2 atom stereocenters. The Morgan fingerprint density at radius 3 is 2.30 bits per heavy atom. The van der Waals surface area contributed by atoms with Gasteiger partial charge in [-0.3, -0.25) is 18.2 Å². The average molecular weight is 800 g/mol. The van der Waals surface area contributed by atoms with Crippen LogP contribution in [-0.2, 0) is 38.2 Å². The van der Waals surface area contributed by atoms with Crippen LogP contribution in [0.2, 0.25) is 23.2 Å². The van der Waals surface area contributed by atoms with Gasteiger partial charge in [0.1, 0.15) is 24.5 Å². The molecule has 0 saturated carbocycles. The number of hydrogen-bond acceptors (Lipinski definition) is 9. The third-order valence-corrected chi connectivity index (χ3v) is 15.1. The predicted octanol–water partition coefficient (Wildman–Crippen LogP) is 8.36. The van der Waals surface area contributed by atoms with Gasteiger partial charge in [-0.15, -0.1) is 0 Å². The number of ether oxygens (including phenoxy) is 2. The molecule has 1 heterocycles. The van der Waals surface area contributed by atoms with E-state index in [-0.39, 0.29) is 17.3 Å². The van der Waals surface area contributed by atoms with Gasteiger partial charge in [0, 0.05) is 42.4 Å². The maximum atomic E-state index is 12.8. The summed E-state index contributed by atoms with van der Waals surface area (Å²) < 4.78 is 45.8. The van der Waals surface area contributed by atoms with Crippen molar-refractivity contribution < 1.29 is 37.4 Å². The lowest BCUT2D eigenvalue weighted by atomic mass is 10.1. The van der Waals surface area contributed by atoms with Crippen LogP contribution in [0.15, 0.2) is 66.7 Å². The van der Waals surface area contributed by atoms with Crippen LogP contribution < -0.4 is 9.04 Å². The highest BCUT2D eigenvalue weighted by molar-refractivity contribution is 7.80. The van der Waals surface area contributed by atoms with E-state index in [1.54, 1.807) is 39.0 Å². The summed E-state index contributed by atoms with van der Waals surface area (Å²) in [6, 6.07) is 23.3. The Morgan fingerprint density at radius 2 is 1.70 bits per heavy atom. The van der Waals surface area contributed by atoms with Crippen molar-refractivity contribution in [3.05, 3.63) is 88.6 Å². The Morgan fingerprint density at radius 1 is 1.02 bits per heavy atom. The molecular formula is C39H52ClN4O8SSi-. The summed E-state index contributed by atoms with van der Waals surface area (Å²) in [5.74, 6) is -0.186. The second kappa shape index (κ2) is 19.2. The Hall–Kier alpha value is -3.79. The Labute approximate surface area is 326 Å². The van der Waals surface area contributed by atoms with E-state index < -0.39 is 49.9 Å². The number of benzene rings is 3. The number of anilines is 1. The molecule has 4 rings (SSSR count). The number of aryl methyl sites for hydroxylation is 1. The van der Waals surface area contributed by atoms with Gasteiger partial charge < -0.3 is 23.6 Å². The highest BCUT2D eigenvalue weighted by Gasteiger charge is 2.34. The van der Waals surface area contributed by atoms with E-state index in [1.807, 2.05) is 43.3 Å². The van der Waals surface area contributed by atoms with Crippen LogP contribution in [0.5, 0.6) is 5.75 Å². The van der Waals surface area contributed by atoms with E-state index in [2.05, 4.69) is 42.9 Å². The molecule has 54 heavy (non-hydrogen) atoms. The molecule has 0 fully saturated rings. The predicted molar refractivity (Wildman–Crippen MR) is 214 cm³/mol. The van der Waals surface area contributed by atoms with Crippen LogP contribution in [0.4, 0.5) is 10.5 Å². The number of nitrogens with zero attached hydrogens (tertiary/aromatic N) is 4. The molecule has 294 valence electrons. The maximum Gasteiger partial charge on any atom is 0.432 e. The summed E-state index contributed by atoms with van der Waals surface area (Å²) in [4.78, 5) is 26.9. The normalized spacial score (nSPS) is 13.2. The molecule has 12 nitrogen and oxygen atoms in total. The summed E-state index contributed by atoms with van der Waals surface area (Å²) in [5.41, 5.74) is 2.32. The van der Waals surface area contributed by atoms with Crippen LogP contribution in [-0.4, -0.2) is 80.8 Å². The summed E-state index contributed by atoms with van der Waals surface area (Å²) in [7, 11) is -2.24. The quantitative estimate of drug-likeness (QED) is 0.0558. The SMILES string of the molecule is CCc1nn(C(=O)O)c2cc(OCCN(Cc3ccccc3)CC(O[Si](CC)(CC)CC)c3ccc(Cl)c(N(CC(=O)OC(C)(C)C)S(=O)[O-])c3)ccc12. The van der Waals surface area contributed by atoms with Gasteiger partial charge >= 0.3 is 12.1 Å². The Kier molecular flexibility index (Phi) is 15.3. The van der Waals surface area contributed by atoms with Gasteiger partial charge in [-0.1, -0.05) is 75.7 Å². The van der Waals surface area contributed by atoms with E-state index in [9.17, 15) is 23.5 Å². The van der Waals surface area contributed by atoms with Gasteiger partial charge in [-0.05, 0) is 80.7 Å². The zero-order valence-corrected chi connectivity index (χ0v) is 34.7. The number of hydrogen-bond donors (Lipinski definition) is 1. The largest absolute Gasteiger partial charge is 0.755 e. The molecule has 0 bridgehead atoms. The molecule has 1 aromatic heterocycles. The van der Waals surface area contributed by atoms with E-state index in [0.717, 1.165) is 43.6 Å². The fraction of sp³-hybridized carbons (Fsp3) is 0.462. The van der Waals surface area contributed by atoms with Crippen molar-refractivity contribution in [2.75, 3.05) is 30.5 Å². The Balaban J connectivity index is 1.68. The van der Waals surface area contributed by atoms with E-state index in [4.69, 9.17) is 25.5 Å². The number of carbonyl (C=O) groups is 2. The number of halogens is 1. The molecular weight excluding hydrogens is 748 g/mol. The third kappa shape index (κ3) is 11.4. The first-order chi connectivity index (χ1) is 25.6. The van der Waals surface area contributed by atoms with Crippen molar-refractivity contribution in [3.8, 4) is 5.75 Å². The van der Waals surface area contributed by atoms with Crippen molar-refractivity contribution in [1.82, 2.24) is 14.7 Å². The van der Waals surface area contributed by atoms with Gasteiger partial charge in [-0.2, -0.15) is 9.78 Å². The molecule has 0 aliphatic heterocycles. The van der Waals surface area contributed by atoms with E-state index in [1.165, 1.54) is 0 Å². The van der Waals surface area contributed by atoms with Crippen LogP contribution in [0.3, 0.4) is 0 Å². The second-order valence-electron chi connectivity index (χ2n) is 14.1. The number of esters is 1. The summed E-state index contributed by atoms with van der Waals surface area (Å²) >= 11 is 3.79. The van der Waals surface area contributed by atoms with Gasteiger partial charge in [-0.25, -0.2) is 4.79 Å². The second-order valence-corrected chi connectivity index (χ2v) is 20.1. The smallest absolute Gasteiger partial charge is 0.432 e. The summed E-state index contributed by atoms with van der Waals surface area (Å²) in [6.45, 7) is 14.8. The minimum absolute atomic E-state index is 0.152. The van der Waals surface area contributed by atoms with Crippen molar-refractivity contribution in [2.45, 2.75) is 91.3 Å². The molecule has 0 aliphatic rings. The fourth-order valence-corrected chi connectivity index (χ4v) is 10.0. The molecule has 0 aliphatic carbocycles. The molecule has 4 aromatic rings. The lowest BCUT2D eigenvalue weighted by molar-refractivity contribution is -0.152. The monoisotopic (exact) mass is 799 g/mol. The number of fused-ring (bicyclic) bond motifs is 1. The van der Waals surface area contributed by atoms with Gasteiger partial charge in [0.15, 0.2) is 8.32 Å². The van der Waals surface area contributed by atoms with Gasteiger partial charge in [0.2, 0.25) is 0 Å². The minimum Gasteiger partial charge on any atom is -0.755 e. The zero-order chi connectivity index (χ0) is 39.6. The van der Waals surface area contributed by atoms with Crippen molar-refractivity contribution in [3.63, 3.8) is 0 Å². The molecule has 0 saturated heterocycles. The first-order valence-electron chi connectivity index (χ1n) is 18.3. The van der Waals surface area contributed by atoms with Crippen molar-refractivity contribution in [1.29, 1.82) is 0 Å². The molecule has 0 amide bonds. The topological polar surface area (TPSA) is 146 Å². The van der Waals surface area contributed by atoms with Crippen LogP contribution in [0.25, 0.3) is 10.9 Å². The van der Waals surface area contributed by atoms with Crippen LogP contribution >= 0.6 is 11.6 Å². The number of carboxylic acid groups (broad SMARTS) is 1. The third-order valence-electron chi connectivity index (χ3n) is 9.40. The molecule has 0 radical (unpaired) electrons. The lowest BCUT2D eigenvalue weighted by Gasteiger charge is -2.37. The van der Waals surface area contributed by atoms with Gasteiger partial charge in [0.25, 0.3) is 0 Å². The molecule has 3 aromatic carbocycles. The van der Waals surface area contributed by atoms with Gasteiger partial charge in [0.05, 0.1) is 28.0 Å². The fourth-order valence-electron chi connectivity index (χ4n) is 6.40. The van der Waals surface area contributed by atoms with Crippen LogP contribution in [0, 0.1) is 0 Å². The number of carbonyl (C=O) groups excluding carboxylic acids is 1. The zero-order valence-electron chi connectivity index (χ0n) is 32.2. The first-order valence-corrected chi connectivity index (χ1v) is 22.3. The van der Waals surface area contributed by atoms with Crippen molar-refractivity contribution >= 4 is 59.8 Å². The Bertz CT molecular complexity index is 1890. The standard InChI is InChI=1S/C39H53ClN4O8SSi/c1-8-33-31-19-18-30(24-34(31)44(41-33)38(46)47)50-22-21-42(25-28-15-13-12-14-16-28)26-36(52-54(9-2,10-3)11-4)29-17-20-32(40)35(23-29)43(53(48)49)27-37(45)51-39(5,6)7/h12-20,23-24,36H,8-11,21-22,25-27H2,1-7H3,(H,46,47)(H,48,49)/p-1. The summed E-state index contributed by atoms with van der Waals surface area (Å²) in [5, 5.41) is 14.9. The minimum atomic E-state index is -2.83. The molecule has 0 spiro atoms. The van der Waals surface area contributed by atoms with E-state index in [0.29, 0.717) is 43.0 Å². The number of aromatic nitrogens is 2. The molecule has 1 N–H and O–H groups in total. The first kappa shape index (κ1) is 42.9. The van der Waals surface area contributed by atoms with Crippen molar-refractivity contribution in [2.24, 2.45) is 0 Å². The molecule has 2 unspecified atom stereocenters. The molecule has 15 heteroatoms. The highest BCUT2D eigenvalue weighted by Crippen LogP contribution is 2.36. The highest BCUT2D eigenvalue weighted by atomic mass is 35.5. The van der Waals surface area contributed by atoms with Crippen LogP contribution in [0.1, 0.15) is 71.4 Å². The number of rotatable bonds is 19. The summed E-state index contributed by atoms with van der Waals surface area (Å²) in [6.07, 6.45) is -1.05. The van der Waals surface area contributed by atoms with E-state index >= 15 is 0 Å². The average Bonchev–Trinajstić information content (AvgIpc) is 3.51. The lowest BCUT2D eigenvalue weighted by Crippen LogP contribution is -2.41.